The van der Waals surface area contributed by atoms with Crippen molar-refractivity contribution in [1.82, 2.24) is 20.0 Å². The molecule has 0 bridgehead atoms. The molecule has 0 spiro atoms. The molecule has 0 aliphatic carbocycles. The maximum atomic E-state index is 13.0. The van der Waals surface area contributed by atoms with Crippen LogP contribution in [0.3, 0.4) is 0 Å². The molecule has 3 aromatic rings. The Morgan fingerprint density at radius 3 is 2.58 bits per heavy atom. The molecule has 6 heteroatoms. The van der Waals surface area contributed by atoms with Gasteiger partial charge in [0.15, 0.2) is 0 Å². The first-order valence-corrected chi connectivity index (χ1v) is 8.33. The maximum Gasteiger partial charge on any atom is 0.253 e. The van der Waals surface area contributed by atoms with Crippen LogP contribution >= 0.6 is 0 Å². The number of hydrogen-bond acceptors (Lipinski definition) is 3. The first-order valence-electron chi connectivity index (χ1n) is 8.33. The lowest BCUT2D eigenvalue weighted by Crippen LogP contribution is -2.24. The third-order valence-electron chi connectivity index (χ3n) is 3.90. The van der Waals surface area contributed by atoms with E-state index in [2.05, 4.69) is 15.3 Å². The van der Waals surface area contributed by atoms with Gasteiger partial charge in [-0.25, -0.2) is 9.07 Å². The molecule has 0 fully saturated rings. The van der Waals surface area contributed by atoms with Gasteiger partial charge in [0.2, 0.25) is 0 Å². The van der Waals surface area contributed by atoms with Crippen LogP contribution in [0.5, 0.6) is 0 Å². The zero-order valence-corrected chi connectivity index (χ0v) is 14.8. The molecule has 1 aromatic heterocycles. The molecule has 5 nitrogen and oxygen atoms in total. The Bertz CT molecular complexity index is 887. The number of aromatic nitrogens is 2. The van der Waals surface area contributed by atoms with Gasteiger partial charge in [-0.3, -0.25) is 4.79 Å². The Labute approximate surface area is 152 Å². The second-order valence-electron chi connectivity index (χ2n) is 6.36. The Hall–Kier alpha value is -2.99. The predicted molar refractivity (Wildman–Crippen MR) is 98.5 cm³/mol. The molecule has 134 valence electrons. The molecule has 0 atom stereocenters. The van der Waals surface area contributed by atoms with Gasteiger partial charge in [0, 0.05) is 24.8 Å². The lowest BCUT2D eigenvalue weighted by Gasteiger charge is -2.10. The first kappa shape index (κ1) is 17.8. The van der Waals surface area contributed by atoms with Crippen LogP contribution in [0.15, 0.2) is 60.9 Å². The second kappa shape index (κ2) is 7.93. The van der Waals surface area contributed by atoms with Gasteiger partial charge < -0.3 is 10.2 Å². The summed E-state index contributed by atoms with van der Waals surface area (Å²) in [5.41, 5.74) is 3.16. The van der Waals surface area contributed by atoms with E-state index in [1.165, 1.54) is 12.1 Å². The molecule has 0 aliphatic rings. The number of para-hydroxylation sites is 1. The highest BCUT2D eigenvalue weighted by atomic mass is 19.1. The molecule has 0 saturated carbocycles. The van der Waals surface area contributed by atoms with Crippen LogP contribution in [0.4, 0.5) is 4.39 Å². The number of halogens is 1. The van der Waals surface area contributed by atoms with Crippen molar-refractivity contribution >= 4 is 5.91 Å². The topological polar surface area (TPSA) is 50.2 Å². The van der Waals surface area contributed by atoms with E-state index in [1.807, 2.05) is 38.5 Å². The average Bonchev–Trinajstić information content (AvgIpc) is 3.08. The fourth-order valence-corrected chi connectivity index (χ4v) is 2.68. The molecule has 1 amide bonds. The van der Waals surface area contributed by atoms with Gasteiger partial charge in [0.1, 0.15) is 5.82 Å². The minimum absolute atomic E-state index is 0.199. The molecule has 26 heavy (non-hydrogen) atoms. The quantitative estimate of drug-likeness (QED) is 0.742. The van der Waals surface area contributed by atoms with Crippen molar-refractivity contribution in [2.75, 3.05) is 14.1 Å². The van der Waals surface area contributed by atoms with Gasteiger partial charge in [0.25, 0.3) is 5.91 Å². The Kier molecular flexibility index (Phi) is 5.43. The van der Waals surface area contributed by atoms with Crippen LogP contribution in [0, 0.1) is 5.82 Å². The lowest BCUT2D eigenvalue weighted by molar-refractivity contribution is 0.0950. The van der Waals surface area contributed by atoms with E-state index >= 15 is 0 Å². The molecule has 0 unspecified atom stereocenters. The predicted octanol–water partition coefficient (Wildman–Crippen LogP) is 3.00. The van der Waals surface area contributed by atoms with Crippen molar-refractivity contribution in [3.63, 3.8) is 0 Å². The van der Waals surface area contributed by atoms with Gasteiger partial charge in [0.05, 0.1) is 17.4 Å². The summed E-state index contributed by atoms with van der Waals surface area (Å²) in [6, 6.07) is 13.4. The van der Waals surface area contributed by atoms with E-state index in [9.17, 15) is 9.18 Å². The van der Waals surface area contributed by atoms with Gasteiger partial charge in [-0.2, -0.15) is 5.10 Å². The smallest absolute Gasteiger partial charge is 0.253 e. The van der Waals surface area contributed by atoms with Crippen LogP contribution in [-0.2, 0) is 13.1 Å². The summed E-state index contributed by atoms with van der Waals surface area (Å²) in [4.78, 5) is 14.7. The highest BCUT2D eigenvalue weighted by Gasteiger charge is 2.13. The summed E-state index contributed by atoms with van der Waals surface area (Å²) < 4.78 is 14.7. The molecule has 2 aromatic carbocycles. The van der Waals surface area contributed by atoms with Crippen LogP contribution in [0.1, 0.15) is 21.5 Å². The van der Waals surface area contributed by atoms with E-state index < -0.39 is 0 Å². The minimum Gasteiger partial charge on any atom is -0.348 e. The molecule has 0 aliphatic heterocycles. The molecule has 3 rings (SSSR count). The lowest BCUT2D eigenvalue weighted by atomic mass is 10.1. The monoisotopic (exact) mass is 352 g/mol. The van der Waals surface area contributed by atoms with E-state index in [1.54, 1.807) is 29.1 Å². The fraction of sp³-hybridized carbons (Fsp3) is 0.200. The fourth-order valence-electron chi connectivity index (χ4n) is 2.68. The van der Waals surface area contributed by atoms with Crippen molar-refractivity contribution < 1.29 is 9.18 Å². The number of nitrogens with zero attached hydrogens (tertiary/aromatic N) is 3. The number of nitrogens with one attached hydrogen (secondary N) is 1. The zero-order valence-electron chi connectivity index (χ0n) is 14.8. The second-order valence-corrected chi connectivity index (χ2v) is 6.36. The highest BCUT2D eigenvalue weighted by molar-refractivity contribution is 5.97. The molecular formula is C20H21FN4O. The van der Waals surface area contributed by atoms with Gasteiger partial charge in [-0.15, -0.1) is 0 Å². The Morgan fingerprint density at radius 2 is 1.85 bits per heavy atom. The van der Waals surface area contributed by atoms with Gasteiger partial charge in [-0.1, -0.05) is 24.3 Å². The van der Waals surface area contributed by atoms with E-state index in [4.69, 9.17) is 0 Å². The van der Waals surface area contributed by atoms with Gasteiger partial charge in [-0.05, 0) is 43.9 Å². The normalized spacial score (nSPS) is 10.9. The zero-order chi connectivity index (χ0) is 18.5. The van der Waals surface area contributed by atoms with Crippen molar-refractivity contribution in [3.05, 3.63) is 83.4 Å². The summed E-state index contributed by atoms with van der Waals surface area (Å²) >= 11 is 0. The molecule has 0 radical (unpaired) electrons. The summed E-state index contributed by atoms with van der Waals surface area (Å²) in [5, 5.41) is 7.25. The number of carbonyl (C=O) groups is 1. The summed E-state index contributed by atoms with van der Waals surface area (Å²) in [6.07, 6.45) is 3.72. The third-order valence-corrected chi connectivity index (χ3v) is 3.90. The Morgan fingerprint density at radius 1 is 1.12 bits per heavy atom. The summed E-state index contributed by atoms with van der Waals surface area (Å²) in [7, 11) is 3.99. The number of hydrogen-bond donors (Lipinski definition) is 1. The van der Waals surface area contributed by atoms with Crippen LogP contribution in [0.25, 0.3) is 5.69 Å². The Balaban J connectivity index is 1.76. The van der Waals surface area contributed by atoms with Crippen molar-refractivity contribution in [2.24, 2.45) is 0 Å². The van der Waals surface area contributed by atoms with E-state index in [0.717, 1.165) is 17.7 Å². The maximum absolute atomic E-state index is 13.0. The largest absolute Gasteiger partial charge is 0.348 e. The molecule has 1 heterocycles. The summed E-state index contributed by atoms with van der Waals surface area (Å²) in [6.45, 7) is 1.11. The van der Waals surface area contributed by atoms with E-state index in [-0.39, 0.29) is 11.7 Å². The number of rotatable bonds is 6. The average molecular weight is 352 g/mol. The first-order chi connectivity index (χ1) is 12.5. The number of benzene rings is 2. The van der Waals surface area contributed by atoms with E-state index in [0.29, 0.717) is 17.8 Å². The van der Waals surface area contributed by atoms with Crippen LogP contribution < -0.4 is 5.32 Å². The van der Waals surface area contributed by atoms with Crippen LogP contribution in [0.2, 0.25) is 0 Å². The summed E-state index contributed by atoms with van der Waals surface area (Å²) in [5.74, 6) is -0.493. The number of carbonyl (C=O) groups excluding carboxylic acids is 1. The minimum atomic E-state index is -0.294. The SMILES string of the molecule is CN(C)Cc1cnn(-c2ccccc2C(=O)NCc2ccc(F)cc2)c1. The van der Waals surface area contributed by atoms with Crippen LogP contribution in [-0.4, -0.2) is 34.7 Å². The van der Waals surface area contributed by atoms with Gasteiger partial charge >= 0.3 is 0 Å². The van der Waals surface area contributed by atoms with Crippen molar-refractivity contribution in [3.8, 4) is 5.69 Å². The van der Waals surface area contributed by atoms with Crippen molar-refractivity contribution in [1.29, 1.82) is 0 Å². The molecule has 1 N–H and O–H groups in total. The molecule has 0 saturated heterocycles. The standard InChI is InChI=1S/C20H21FN4O/c1-24(2)13-16-12-23-25(14-16)19-6-4-3-5-18(19)20(26)22-11-15-7-9-17(21)10-8-15/h3-10,12,14H,11,13H2,1-2H3,(H,22,26). The highest BCUT2D eigenvalue weighted by Crippen LogP contribution is 2.15. The third kappa shape index (κ3) is 4.34. The number of amides is 1. The molecular weight excluding hydrogens is 331 g/mol. The van der Waals surface area contributed by atoms with Crippen molar-refractivity contribution in [2.45, 2.75) is 13.1 Å².